The molecule has 2 amide bonds. The van der Waals surface area contributed by atoms with E-state index < -0.39 is 10.0 Å². The van der Waals surface area contributed by atoms with Gasteiger partial charge in [-0.05, 0) is 42.7 Å². The molecule has 24 heavy (non-hydrogen) atoms. The van der Waals surface area contributed by atoms with Crippen LogP contribution in [-0.4, -0.2) is 26.0 Å². The standard InChI is InChI=1S/C16H20N4O3S/c1-12(14-4-6-15(7-5-14)24(17,22)23)20-16(21)19-10-8-13-3-2-9-18-11-13/h2-7,9,11-12H,8,10H2,1H3,(H2,17,22,23)(H2,19,20,21)/t12-/m1/s1. The zero-order valence-electron chi connectivity index (χ0n) is 13.3. The van der Waals surface area contributed by atoms with Crippen LogP contribution in [-0.2, 0) is 16.4 Å². The molecule has 0 aliphatic heterocycles. The third kappa shape index (κ3) is 5.32. The third-order valence-electron chi connectivity index (χ3n) is 3.48. The number of amides is 2. The molecule has 0 fully saturated rings. The molecule has 0 spiro atoms. The molecule has 0 aliphatic carbocycles. The molecular weight excluding hydrogens is 328 g/mol. The van der Waals surface area contributed by atoms with E-state index in [0.29, 0.717) is 13.0 Å². The first-order valence-corrected chi connectivity index (χ1v) is 8.97. The number of hydrogen-bond acceptors (Lipinski definition) is 4. The van der Waals surface area contributed by atoms with E-state index in [1.807, 2.05) is 19.1 Å². The van der Waals surface area contributed by atoms with Crippen molar-refractivity contribution in [2.75, 3.05) is 6.54 Å². The van der Waals surface area contributed by atoms with Crippen molar-refractivity contribution in [3.8, 4) is 0 Å². The van der Waals surface area contributed by atoms with Gasteiger partial charge < -0.3 is 10.6 Å². The summed E-state index contributed by atoms with van der Waals surface area (Å²) in [5, 5.41) is 10.6. The average Bonchev–Trinajstić information content (AvgIpc) is 2.55. The van der Waals surface area contributed by atoms with Gasteiger partial charge in [0.1, 0.15) is 0 Å². The van der Waals surface area contributed by atoms with Crippen LogP contribution in [0, 0.1) is 0 Å². The number of urea groups is 1. The summed E-state index contributed by atoms with van der Waals surface area (Å²) in [5.41, 5.74) is 1.83. The van der Waals surface area contributed by atoms with Crippen molar-refractivity contribution < 1.29 is 13.2 Å². The van der Waals surface area contributed by atoms with Crippen molar-refractivity contribution in [1.29, 1.82) is 0 Å². The first kappa shape index (κ1) is 17.9. The molecule has 2 rings (SSSR count). The first-order valence-electron chi connectivity index (χ1n) is 7.42. The van der Waals surface area contributed by atoms with E-state index in [-0.39, 0.29) is 17.0 Å². The summed E-state index contributed by atoms with van der Waals surface area (Å²) in [6.07, 6.45) is 4.15. The number of rotatable bonds is 6. The van der Waals surface area contributed by atoms with Crippen LogP contribution in [0.3, 0.4) is 0 Å². The topological polar surface area (TPSA) is 114 Å². The number of nitrogens with two attached hydrogens (primary N) is 1. The lowest BCUT2D eigenvalue weighted by Crippen LogP contribution is -2.38. The fraction of sp³-hybridized carbons (Fsp3) is 0.250. The second kappa shape index (κ2) is 7.89. The fourth-order valence-electron chi connectivity index (χ4n) is 2.14. The molecule has 4 N–H and O–H groups in total. The molecule has 1 heterocycles. The smallest absolute Gasteiger partial charge is 0.315 e. The minimum atomic E-state index is -3.71. The van der Waals surface area contributed by atoms with Gasteiger partial charge in [0.05, 0.1) is 10.9 Å². The Hall–Kier alpha value is -2.45. The largest absolute Gasteiger partial charge is 0.338 e. The number of carbonyl (C=O) groups is 1. The van der Waals surface area contributed by atoms with Crippen LogP contribution in [0.1, 0.15) is 24.1 Å². The summed E-state index contributed by atoms with van der Waals surface area (Å²) in [7, 11) is -3.71. The quantitative estimate of drug-likeness (QED) is 0.730. The van der Waals surface area contributed by atoms with Crippen LogP contribution >= 0.6 is 0 Å². The molecule has 2 aromatic rings. The molecular formula is C16H20N4O3S. The average molecular weight is 348 g/mol. The van der Waals surface area contributed by atoms with Gasteiger partial charge in [0.15, 0.2) is 0 Å². The predicted octanol–water partition coefficient (Wildman–Crippen LogP) is 1.33. The second-order valence-electron chi connectivity index (χ2n) is 5.35. The second-order valence-corrected chi connectivity index (χ2v) is 6.91. The Morgan fingerprint density at radius 1 is 1.25 bits per heavy atom. The van der Waals surface area contributed by atoms with E-state index in [0.717, 1.165) is 11.1 Å². The highest BCUT2D eigenvalue weighted by Gasteiger charge is 2.11. The van der Waals surface area contributed by atoms with E-state index in [4.69, 9.17) is 5.14 Å². The number of sulfonamides is 1. The van der Waals surface area contributed by atoms with E-state index in [1.165, 1.54) is 12.1 Å². The minimum Gasteiger partial charge on any atom is -0.338 e. The monoisotopic (exact) mass is 348 g/mol. The molecule has 1 aromatic carbocycles. The van der Waals surface area contributed by atoms with Crippen molar-refractivity contribution in [3.63, 3.8) is 0 Å². The summed E-state index contributed by atoms with van der Waals surface area (Å²) in [6, 6.07) is 9.33. The SMILES string of the molecule is C[C@@H](NC(=O)NCCc1cccnc1)c1ccc(S(N)(=O)=O)cc1. The van der Waals surface area contributed by atoms with Crippen molar-refractivity contribution >= 4 is 16.1 Å². The lowest BCUT2D eigenvalue weighted by Gasteiger charge is -2.15. The van der Waals surface area contributed by atoms with Crippen molar-refractivity contribution in [2.45, 2.75) is 24.3 Å². The van der Waals surface area contributed by atoms with E-state index in [9.17, 15) is 13.2 Å². The van der Waals surface area contributed by atoms with Gasteiger partial charge >= 0.3 is 6.03 Å². The van der Waals surface area contributed by atoms with Gasteiger partial charge in [0.2, 0.25) is 10.0 Å². The van der Waals surface area contributed by atoms with Gasteiger partial charge in [-0.1, -0.05) is 18.2 Å². The minimum absolute atomic E-state index is 0.0411. The van der Waals surface area contributed by atoms with Crippen LogP contribution in [0.4, 0.5) is 4.79 Å². The fourth-order valence-corrected chi connectivity index (χ4v) is 2.66. The number of primary sulfonamides is 1. The lowest BCUT2D eigenvalue weighted by atomic mass is 10.1. The van der Waals surface area contributed by atoms with E-state index in [2.05, 4.69) is 15.6 Å². The molecule has 0 saturated heterocycles. The first-order chi connectivity index (χ1) is 11.4. The Balaban J connectivity index is 1.83. The van der Waals surface area contributed by atoms with Gasteiger partial charge in [-0.3, -0.25) is 4.98 Å². The molecule has 0 saturated carbocycles. The summed E-state index contributed by atoms with van der Waals surface area (Å²) >= 11 is 0. The highest BCUT2D eigenvalue weighted by Crippen LogP contribution is 2.15. The Labute approximate surface area is 141 Å². The zero-order chi connectivity index (χ0) is 17.6. The maximum absolute atomic E-state index is 11.9. The molecule has 0 bridgehead atoms. The maximum Gasteiger partial charge on any atom is 0.315 e. The predicted molar refractivity (Wildman–Crippen MR) is 90.7 cm³/mol. The van der Waals surface area contributed by atoms with Crippen LogP contribution in [0.2, 0.25) is 0 Å². The Morgan fingerprint density at radius 3 is 2.54 bits per heavy atom. The summed E-state index contributed by atoms with van der Waals surface area (Å²) in [4.78, 5) is 15.9. The Morgan fingerprint density at radius 2 is 1.96 bits per heavy atom. The van der Waals surface area contributed by atoms with Gasteiger partial charge in [0, 0.05) is 18.9 Å². The van der Waals surface area contributed by atoms with Gasteiger partial charge in [0.25, 0.3) is 0 Å². The summed E-state index contributed by atoms with van der Waals surface area (Å²) in [6.45, 7) is 2.31. The summed E-state index contributed by atoms with van der Waals surface area (Å²) in [5.74, 6) is 0. The summed E-state index contributed by atoms with van der Waals surface area (Å²) < 4.78 is 22.4. The zero-order valence-corrected chi connectivity index (χ0v) is 14.1. The third-order valence-corrected chi connectivity index (χ3v) is 4.41. The number of benzene rings is 1. The van der Waals surface area contributed by atoms with Crippen molar-refractivity contribution in [2.24, 2.45) is 5.14 Å². The normalized spacial score (nSPS) is 12.4. The number of carbonyl (C=O) groups excluding carboxylic acids is 1. The van der Waals surface area contributed by atoms with Crippen LogP contribution in [0.5, 0.6) is 0 Å². The highest BCUT2D eigenvalue weighted by molar-refractivity contribution is 7.89. The van der Waals surface area contributed by atoms with Crippen molar-refractivity contribution in [1.82, 2.24) is 15.6 Å². The van der Waals surface area contributed by atoms with E-state index in [1.54, 1.807) is 24.5 Å². The molecule has 7 nitrogen and oxygen atoms in total. The molecule has 1 atom stereocenters. The van der Waals surface area contributed by atoms with Crippen LogP contribution in [0.25, 0.3) is 0 Å². The molecule has 0 radical (unpaired) electrons. The van der Waals surface area contributed by atoms with Gasteiger partial charge in [-0.15, -0.1) is 0 Å². The molecule has 8 heteroatoms. The van der Waals surface area contributed by atoms with E-state index >= 15 is 0 Å². The lowest BCUT2D eigenvalue weighted by molar-refractivity contribution is 0.238. The molecule has 0 unspecified atom stereocenters. The number of nitrogens with one attached hydrogen (secondary N) is 2. The number of hydrogen-bond donors (Lipinski definition) is 3. The molecule has 128 valence electrons. The van der Waals surface area contributed by atoms with Crippen LogP contribution < -0.4 is 15.8 Å². The highest BCUT2D eigenvalue weighted by atomic mass is 32.2. The molecule has 0 aliphatic rings. The van der Waals surface area contributed by atoms with Gasteiger partial charge in [-0.25, -0.2) is 18.4 Å². The van der Waals surface area contributed by atoms with Gasteiger partial charge in [-0.2, -0.15) is 0 Å². The van der Waals surface area contributed by atoms with Crippen molar-refractivity contribution in [3.05, 3.63) is 59.9 Å². The number of pyridine rings is 1. The van der Waals surface area contributed by atoms with Crippen LogP contribution in [0.15, 0.2) is 53.7 Å². The molecule has 1 aromatic heterocycles. The Kier molecular flexibility index (Phi) is 5.88. The Bertz CT molecular complexity index is 777. The number of aromatic nitrogens is 1. The number of nitrogens with zero attached hydrogens (tertiary/aromatic N) is 1. The maximum atomic E-state index is 11.9.